The molecule has 0 bridgehead atoms. The molecule has 28 heavy (non-hydrogen) atoms. The zero-order valence-electron chi connectivity index (χ0n) is 15.2. The van der Waals surface area contributed by atoms with Crippen LogP contribution in [0.3, 0.4) is 0 Å². The fraction of sp³-hybridized carbons (Fsp3) is 0.421. The molecule has 0 spiro atoms. The van der Waals surface area contributed by atoms with Crippen LogP contribution in [0.5, 0.6) is 0 Å². The Morgan fingerprint density at radius 2 is 1.79 bits per heavy atom. The molecule has 1 aliphatic rings. The molecule has 0 saturated carbocycles. The van der Waals surface area contributed by atoms with Crippen molar-refractivity contribution in [2.75, 3.05) is 19.6 Å². The molecule has 2 aromatic rings. The summed E-state index contributed by atoms with van der Waals surface area (Å²) in [4.78, 5) is 14.2. The van der Waals surface area contributed by atoms with Gasteiger partial charge in [-0.1, -0.05) is 6.42 Å². The maximum atomic E-state index is 12.6. The number of nitrogens with zero attached hydrogens (tertiary/aromatic N) is 1. The highest BCUT2D eigenvalue weighted by atomic mass is 32.2. The van der Waals surface area contributed by atoms with Crippen molar-refractivity contribution in [2.24, 2.45) is 0 Å². The summed E-state index contributed by atoms with van der Waals surface area (Å²) in [5.74, 6) is -3.14. The van der Waals surface area contributed by atoms with Crippen LogP contribution in [-0.4, -0.2) is 44.6 Å². The average Bonchev–Trinajstić information content (AvgIpc) is 3.23. The van der Waals surface area contributed by atoms with Gasteiger partial charge in [0.15, 0.2) is 0 Å². The number of carbonyl (C=O) groups is 1. The van der Waals surface area contributed by atoms with Crippen LogP contribution in [0, 0.1) is 0 Å². The summed E-state index contributed by atoms with van der Waals surface area (Å²) in [6.07, 6.45) is 4.95. The summed E-state index contributed by atoms with van der Waals surface area (Å²) in [6, 6.07) is 8.07. The topological polar surface area (TPSA) is 79.6 Å². The van der Waals surface area contributed by atoms with E-state index in [4.69, 9.17) is 4.42 Å². The number of benzene rings is 1. The molecule has 1 fully saturated rings. The van der Waals surface area contributed by atoms with Gasteiger partial charge in [-0.25, -0.2) is 8.42 Å². The van der Waals surface area contributed by atoms with Gasteiger partial charge in [0.2, 0.25) is 9.84 Å². The lowest BCUT2D eigenvalue weighted by Gasteiger charge is -2.33. The number of carbonyl (C=O) groups excluding carboxylic acids is 1. The highest BCUT2D eigenvalue weighted by Gasteiger charge is 2.27. The minimum atomic E-state index is -4.67. The summed E-state index contributed by atoms with van der Waals surface area (Å²) in [5, 5.41) is 2.83. The molecule has 1 amide bonds. The van der Waals surface area contributed by atoms with Crippen LogP contribution in [0.25, 0.3) is 0 Å². The molecule has 9 heteroatoms. The van der Waals surface area contributed by atoms with Crippen LogP contribution in [0.1, 0.15) is 41.4 Å². The van der Waals surface area contributed by atoms with E-state index in [-0.39, 0.29) is 11.6 Å². The van der Waals surface area contributed by atoms with Gasteiger partial charge < -0.3 is 9.73 Å². The van der Waals surface area contributed by atoms with Crippen LogP contribution in [0.2, 0.25) is 0 Å². The third-order valence-corrected chi connectivity index (χ3v) is 6.24. The Bertz CT molecular complexity index is 877. The Labute approximate surface area is 162 Å². The van der Waals surface area contributed by atoms with Gasteiger partial charge in [-0.05, 0) is 62.3 Å². The van der Waals surface area contributed by atoms with Gasteiger partial charge >= 0.3 is 5.76 Å². The van der Waals surface area contributed by atoms with Crippen LogP contribution in [-0.2, 0) is 9.84 Å². The zero-order valence-corrected chi connectivity index (χ0v) is 16.0. The van der Waals surface area contributed by atoms with Crippen LogP contribution >= 0.6 is 0 Å². The second-order valence-electron chi connectivity index (χ2n) is 6.67. The second kappa shape index (κ2) is 8.83. The fourth-order valence-electron chi connectivity index (χ4n) is 3.31. The molecule has 1 aromatic heterocycles. The number of likely N-dealkylation sites (tertiary alicyclic amines) is 1. The van der Waals surface area contributed by atoms with Gasteiger partial charge in [-0.3, -0.25) is 9.69 Å². The summed E-state index contributed by atoms with van der Waals surface area (Å²) < 4.78 is 53.7. The number of piperidine rings is 1. The number of rotatable bonds is 7. The zero-order chi connectivity index (χ0) is 20.1. The first-order valence-electron chi connectivity index (χ1n) is 9.07. The number of nitrogens with one attached hydrogen (secondary N) is 1. The first kappa shape index (κ1) is 20.5. The van der Waals surface area contributed by atoms with Gasteiger partial charge in [0.05, 0.1) is 17.2 Å². The third kappa shape index (κ3) is 4.59. The Hall–Kier alpha value is -2.26. The summed E-state index contributed by atoms with van der Waals surface area (Å²) in [5.41, 5.74) is 0.199. The molecule has 1 saturated heterocycles. The van der Waals surface area contributed by atoms with Gasteiger partial charge in [0, 0.05) is 12.1 Å². The van der Waals surface area contributed by atoms with E-state index in [0.29, 0.717) is 6.54 Å². The minimum Gasteiger partial charge on any atom is -0.468 e. The Kier molecular flexibility index (Phi) is 6.46. The molecule has 0 radical (unpaired) electrons. The molecule has 3 rings (SSSR count). The number of halogens is 2. The Balaban J connectivity index is 1.67. The Morgan fingerprint density at radius 1 is 1.11 bits per heavy atom. The van der Waals surface area contributed by atoms with Crippen molar-refractivity contribution >= 4 is 15.7 Å². The van der Waals surface area contributed by atoms with Gasteiger partial charge in [-0.2, -0.15) is 8.78 Å². The van der Waals surface area contributed by atoms with E-state index in [1.165, 1.54) is 18.6 Å². The SMILES string of the molecule is O=C(NCC(c1ccco1)N1CCCCC1)c1ccc(S(=O)(=O)C(F)F)cc1. The predicted octanol–water partition coefficient (Wildman–Crippen LogP) is 3.23. The standard InChI is InChI=1S/C19H22F2N2O4S/c20-19(21)28(25,26)15-8-6-14(7-9-15)18(24)22-13-16(17-5-4-12-27-17)23-10-2-1-3-11-23/h4-9,12,16,19H,1-3,10-11,13H2,(H,22,24). The van der Waals surface area contributed by atoms with E-state index >= 15 is 0 Å². The molecule has 2 heterocycles. The van der Waals surface area contributed by atoms with Crippen molar-refractivity contribution in [3.05, 3.63) is 54.0 Å². The second-order valence-corrected chi connectivity index (χ2v) is 8.59. The predicted molar refractivity (Wildman–Crippen MR) is 98.8 cm³/mol. The Morgan fingerprint density at radius 3 is 2.36 bits per heavy atom. The van der Waals surface area contributed by atoms with Crippen molar-refractivity contribution in [1.29, 1.82) is 0 Å². The maximum Gasteiger partial charge on any atom is 0.341 e. The lowest BCUT2D eigenvalue weighted by Crippen LogP contribution is -2.40. The van der Waals surface area contributed by atoms with E-state index < -0.39 is 26.4 Å². The van der Waals surface area contributed by atoms with Crippen molar-refractivity contribution in [2.45, 2.75) is 36.0 Å². The van der Waals surface area contributed by atoms with E-state index in [0.717, 1.165) is 43.8 Å². The molecule has 6 nitrogen and oxygen atoms in total. The average molecular weight is 412 g/mol. The maximum absolute atomic E-state index is 12.6. The highest BCUT2D eigenvalue weighted by molar-refractivity contribution is 7.91. The highest BCUT2D eigenvalue weighted by Crippen LogP contribution is 2.25. The van der Waals surface area contributed by atoms with Crippen LogP contribution < -0.4 is 5.32 Å². The van der Waals surface area contributed by atoms with Crippen LogP contribution in [0.4, 0.5) is 8.78 Å². The van der Waals surface area contributed by atoms with Crippen molar-refractivity contribution < 1.29 is 26.4 Å². The van der Waals surface area contributed by atoms with Crippen molar-refractivity contribution in [1.82, 2.24) is 10.2 Å². The van der Waals surface area contributed by atoms with Crippen LogP contribution in [0.15, 0.2) is 52.0 Å². The van der Waals surface area contributed by atoms with Crippen molar-refractivity contribution in [3.8, 4) is 0 Å². The van der Waals surface area contributed by atoms with E-state index in [9.17, 15) is 22.0 Å². The van der Waals surface area contributed by atoms with Gasteiger partial charge in [0.1, 0.15) is 5.76 Å². The minimum absolute atomic E-state index is 0.0993. The summed E-state index contributed by atoms with van der Waals surface area (Å²) >= 11 is 0. The number of hydrogen-bond donors (Lipinski definition) is 1. The molecule has 1 aromatic carbocycles. The number of sulfone groups is 1. The van der Waals surface area contributed by atoms with E-state index in [2.05, 4.69) is 10.2 Å². The van der Waals surface area contributed by atoms with E-state index in [1.807, 2.05) is 6.07 Å². The third-order valence-electron chi connectivity index (χ3n) is 4.84. The van der Waals surface area contributed by atoms with Gasteiger partial charge in [-0.15, -0.1) is 0 Å². The first-order valence-corrected chi connectivity index (χ1v) is 10.6. The lowest BCUT2D eigenvalue weighted by atomic mass is 10.1. The number of amides is 1. The quantitative estimate of drug-likeness (QED) is 0.755. The largest absolute Gasteiger partial charge is 0.468 e. The fourth-order valence-corrected chi connectivity index (χ4v) is 4.03. The summed E-state index contributed by atoms with van der Waals surface area (Å²) in [6.45, 7) is 2.16. The van der Waals surface area contributed by atoms with Crippen molar-refractivity contribution in [3.63, 3.8) is 0 Å². The molecule has 1 aliphatic heterocycles. The molecule has 0 aliphatic carbocycles. The molecule has 1 N–H and O–H groups in total. The number of hydrogen-bond acceptors (Lipinski definition) is 5. The van der Waals surface area contributed by atoms with E-state index in [1.54, 1.807) is 12.3 Å². The van der Waals surface area contributed by atoms with Gasteiger partial charge in [0.25, 0.3) is 5.91 Å². The molecular weight excluding hydrogens is 390 g/mol. The number of furan rings is 1. The molecule has 1 unspecified atom stereocenters. The molecule has 1 atom stereocenters. The normalized spacial score (nSPS) is 16.8. The smallest absolute Gasteiger partial charge is 0.341 e. The molecular formula is C19H22F2N2O4S. The number of alkyl halides is 2. The summed E-state index contributed by atoms with van der Waals surface area (Å²) in [7, 11) is -4.67. The monoisotopic (exact) mass is 412 g/mol. The molecule has 152 valence electrons. The lowest BCUT2D eigenvalue weighted by molar-refractivity contribution is 0.0914. The first-order chi connectivity index (χ1) is 13.4.